The highest BCUT2D eigenvalue weighted by Crippen LogP contribution is 2.23. The fraction of sp³-hybridized carbons (Fsp3) is 0.167. The van der Waals surface area contributed by atoms with E-state index in [0.717, 1.165) is 11.3 Å². The van der Waals surface area contributed by atoms with Crippen molar-refractivity contribution in [3.05, 3.63) is 67.2 Å². The summed E-state index contributed by atoms with van der Waals surface area (Å²) < 4.78 is 30.1. The Labute approximate surface area is 141 Å². The third-order valence-electron chi connectivity index (χ3n) is 3.56. The molecule has 0 unspecified atom stereocenters. The normalized spacial score (nSPS) is 12.7. The zero-order chi connectivity index (χ0) is 17.0. The van der Waals surface area contributed by atoms with Crippen LogP contribution in [0.15, 0.2) is 76.5 Å². The van der Waals surface area contributed by atoms with Gasteiger partial charge in [-0.3, -0.25) is 0 Å². The Bertz CT molecular complexity index is 891. The van der Waals surface area contributed by atoms with Crippen LogP contribution < -0.4 is 5.32 Å². The van der Waals surface area contributed by atoms with Gasteiger partial charge in [0.25, 0.3) is 0 Å². The van der Waals surface area contributed by atoms with Gasteiger partial charge in [0.2, 0.25) is 0 Å². The Morgan fingerprint density at radius 2 is 1.92 bits per heavy atom. The second-order valence-electron chi connectivity index (χ2n) is 5.59. The van der Waals surface area contributed by atoms with Gasteiger partial charge >= 0.3 is 0 Å². The SMILES string of the molecule is C[C@@H](CS(=O)(=O)c1ccccc1)Nc1cccc(-c2cnco2)c1. The molecular weight excluding hydrogens is 324 g/mol. The first-order chi connectivity index (χ1) is 11.5. The molecule has 1 atom stereocenters. The van der Waals surface area contributed by atoms with Crippen LogP contribution in [0.4, 0.5) is 5.69 Å². The third-order valence-corrected chi connectivity index (χ3v) is 5.49. The average molecular weight is 342 g/mol. The molecule has 0 bridgehead atoms. The molecule has 5 nitrogen and oxygen atoms in total. The molecule has 0 radical (unpaired) electrons. The number of aromatic nitrogens is 1. The number of rotatable bonds is 6. The second kappa shape index (κ2) is 6.88. The first kappa shape index (κ1) is 16.3. The van der Waals surface area contributed by atoms with Crippen molar-refractivity contribution >= 4 is 15.5 Å². The van der Waals surface area contributed by atoms with E-state index in [1.54, 1.807) is 36.5 Å². The fourth-order valence-corrected chi connectivity index (χ4v) is 4.01. The topological polar surface area (TPSA) is 72.2 Å². The van der Waals surface area contributed by atoms with Crippen molar-refractivity contribution < 1.29 is 12.8 Å². The summed E-state index contributed by atoms with van der Waals surface area (Å²) in [6.07, 6.45) is 3.02. The Kier molecular flexibility index (Phi) is 4.66. The molecule has 1 aromatic heterocycles. The zero-order valence-electron chi connectivity index (χ0n) is 13.2. The van der Waals surface area contributed by atoms with Gasteiger partial charge in [-0.25, -0.2) is 13.4 Å². The first-order valence-corrected chi connectivity index (χ1v) is 9.23. The number of benzene rings is 2. The van der Waals surface area contributed by atoms with E-state index < -0.39 is 9.84 Å². The first-order valence-electron chi connectivity index (χ1n) is 7.58. The lowest BCUT2D eigenvalue weighted by Crippen LogP contribution is -2.25. The van der Waals surface area contributed by atoms with E-state index in [1.165, 1.54) is 6.39 Å². The molecule has 1 heterocycles. The minimum absolute atomic E-state index is 0.0174. The lowest BCUT2D eigenvalue weighted by atomic mass is 10.1. The highest BCUT2D eigenvalue weighted by Gasteiger charge is 2.18. The Morgan fingerprint density at radius 1 is 1.12 bits per heavy atom. The summed E-state index contributed by atoms with van der Waals surface area (Å²) in [5.41, 5.74) is 1.72. The molecule has 0 aliphatic heterocycles. The molecule has 1 N–H and O–H groups in total. The summed E-state index contributed by atoms with van der Waals surface area (Å²) in [6.45, 7) is 1.85. The molecule has 24 heavy (non-hydrogen) atoms. The quantitative estimate of drug-likeness (QED) is 0.741. The van der Waals surface area contributed by atoms with Gasteiger partial charge in [-0.05, 0) is 31.2 Å². The van der Waals surface area contributed by atoms with Crippen LogP contribution in [0.3, 0.4) is 0 Å². The highest BCUT2D eigenvalue weighted by molar-refractivity contribution is 7.91. The van der Waals surface area contributed by atoms with Gasteiger partial charge in [0.05, 0.1) is 16.8 Å². The van der Waals surface area contributed by atoms with Gasteiger partial charge in [0.1, 0.15) is 0 Å². The van der Waals surface area contributed by atoms with Crippen molar-refractivity contribution in [1.82, 2.24) is 4.98 Å². The average Bonchev–Trinajstić information content (AvgIpc) is 3.10. The molecule has 0 saturated carbocycles. The van der Waals surface area contributed by atoms with Crippen LogP contribution in [0.1, 0.15) is 6.92 Å². The molecule has 124 valence electrons. The lowest BCUT2D eigenvalue weighted by Gasteiger charge is -2.16. The van der Waals surface area contributed by atoms with Crippen LogP contribution in [0.5, 0.6) is 0 Å². The summed E-state index contributed by atoms with van der Waals surface area (Å²) in [4.78, 5) is 4.25. The van der Waals surface area contributed by atoms with E-state index in [9.17, 15) is 8.42 Å². The van der Waals surface area contributed by atoms with Gasteiger partial charge in [-0.15, -0.1) is 0 Å². The van der Waals surface area contributed by atoms with Crippen LogP contribution in [0, 0.1) is 0 Å². The molecule has 0 saturated heterocycles. The third kappa shape index (κ3) is 3.83. The fourth-order valence-electron chi connectivity index (χ4n) is 2.50. The van der Waals surface area contributed by atoms with Crippen molar-refractivity contribution in [2.24, 2.45) is 0 Å². The zero-order valence-corrected chi connectivity index (χ0v) is 14.0. The maximum Gasteiger partial charge on any atom is 0.181 e. The van der Waals surface area contributed by atoms with E-state index in [1.807, 2.05) is 31.2 Å². The summed E-state index contributed by atoms with van der Waals surface area (Å²) in [5.74, 6) is 0.687. The number of hydrogen-bond acceptors (Lipinski definition) is 5. The summed E-state index contributed by atoms with van der Waals surface area (Å²) in [5, 5.41) is 3.23. The molecule has 0 spiro atoms. The van der Waals surface area contributed by atoms with E-state index >= 15 is 0 Å². The maximum atomic E-state index is 12.4. The van der Waals surface area contributed by atoms with Crippen molar-refractivity contribution in [3.8, 4) is 11.3 Å². The number of nitrogens with zero attached hydrogens (tertiary/aromatic N) is 1. The van der Waals surface area contributed by atoms with Crippen LogP contribution >= 0.6 is 0 Å². The van der Waals surface area contributed by atoms with Crippen molar-refractivity contribution in [3.63, 3.8) is 0 Å². The van der Waals surface area contributed by atoms with E-state index in [2.05, 4.69) is 10.3 Å². The van der Waals surface area contributed by atoms with Crippen molar-refractivity contribution in [2.75, 3.05) is 11.1 Å². The van der Waals surface area contributed by atoms with Crippen LogP contribution in [-0.2, 0) is 9.84 Å². The minimum Gasteiger partial charge on any atom is -0.444 e. The molecule has 3 aromatic rings. The Balaban J connectivity index is 1.71. The molecule has 0 fully saturated rings. The molecule has 0 aliphatic rings. The molecule has 0 amide bonds. The Morgan fingerprint density at radius 3 is 2.62 bits per heavy atom. The van der Waals surface area contributed by atoms with Crippen LogP contribution in [0.25, 0.3) is 11.3 Å². The number of hydrogen-bond donors (Lipinski definition) is 1. The largest absolute Gasteiger partial charge is 0.444 e. The minimum atomic E-state index is -3.32. The monoisotopic (exact) mass is 342 g/mol. The molecular formula is C18H18N2O3S. The van der Waals surface area contributed by atoms with E-state index in [-0.39, 0.29) is 11.8 Å². The smallest absolute Gasteiger partial charge is 0.181 e. The second-order valence-corrected chi connectivity index (χ2v) is 7.62. The number of oxazole rings is 1. The van der Waals surface area contributed by atoms with E-state index in [0.29, 0.717) is 10.7 Å². The predicted octanol–water partition coefficient (Wildman–Crippen LogP) is 3.62. The summed E-state index contributed by atoms with van der Waals surface area (Å²) >= 11 is 0. The lowest BCUT2D eigenvalue weighted by molar-refractivity contribution is 0.572. The van der Waals surface area contributed by atoms with E-state index in [4.69, 9.17) is 4.42 Å². The molecule has 6 heteroatoms. The van der Waals surface area contributed by atoms with Gasteiger partial charge in [-0.2, -0.15) is 0 Å². The number of nitrogens with one attached hydrogen (secondary N) is 1. The molecule has 2 aromatic carbocycles. The summed E-state index contributed by atoms with van der Waals surface area (Å²) in [6, 6.07) is 15.9. The standard InChI is InChI=1S/C18H18N2O3S/c1-14(12-24(21,22)17-8-3-2-4-9-17)20-16-7-5-6-15(10-16)18-11-19-13-23-18/h2-11,13-14,20H,12H2,1H3/t14-/m0/s1. The maximum absolute atomic E-state index is 12.4. The molecule has 0 aliphatic carbocycles. The number of anilines is 1. The van der Waals surface area contributed by atoms with Gasteiger partial charge in [0.15, 0.2) is 22.0 Å². The van der Waals surface area contributed by atoms with Crippen LogP contribution in [0.2, 0.25) is 0 Å². The summed E-state index contributed by atoms with van der Waals surface area (Å²) in [7, 11) is -3.32. The predicted molar refractivity (Wildman–Crippen MR) is 93.5 cm³/mol. The number of sulfone groups is 1. The Hall–Kier alpha value is -2.60. The van der Waals surface area contributed by atoms with Gasteiger partial charge < -0.3 is 9.73 Å². The highest BCUT2D eigenvalue weighted by atomic mass is 32.2. The van der Waals surface area contributed by atoms with Gasteiger partial charge in [0, 0.05) is 17.3 Å². The van der Waals surface area contributed by atoms with Gasteiger partial charge in [-0.1, -0.05) is 30.3 Å². The van der Waals surface area contributed by atoms with Crippen molar-refractivity contribution in [1.29, 1.82) is 0 Å². The van der Waals surface area contributed by atoms with Crippen molar-refractivity contribution in [2.45, 2.75) is 17.9 Å². The molecule has 3 rings (SSSR count). The van der Waals surface area contributed by atoms with Crippen LogP contribution in [-0.4, -0.2) is 25.2 Å².